The molecule has 210 valence electrons. The summed E-state index contributed by atoms with van der Waals surface area (Å²) in [6, 6.07) is 9.30. The second-order valence-corrected chi connectivity index (χ2v) is 17.1. The zero-order chi connectivity index (χ0) is 28.7. The van der Waals surface area contributed by atoms with Crippen LogP contribution in [0, 0.1) is 17.2 Å². The van der Waals surface area contributed by atoms with Gasteiger partial charge < -0.3 is 14.5 Å². The van der Waals surface area contributed by atoms with Gasteiger partial charge in [-0.3, -0.25) is 9.25 Å². The number of pyridine rings is 1. The van der Waals surface area contributed by atoms with Crippen molar-refractivity contribution in [1.29, 1.82) is 5.26 Å². The normalized spacial score (nSPS) is 18.1. The van der Waals surface area contributed by atoms with Gasteiger partial charge >= 0.3 is 6.03 Å². The van der Waals surface area contributed by atoms with Gasteiger partial charge in [-0.2, -0.15) is 10.4 Å². The number of hydrogen-bond acceptors (Lipinski definition) is 6. The molecule has 1 N–H and O–H groups in total. The SMILES string of the molecule is COc1cc2nn(C3CCC(CO[Si](C)(C)C(C)(C)C)CC3)cc2cc1NC(=O)n1ccc2cc(C#N)cnc21. The van der Waals surface area contributed by atoms with Gasteiger partial charge in [0, 0.05) is 42.0 Å². The second-order valence-electron chi connectivity index (χ2n) is 12.3. The highest BCUT2D eigenvalue weighted by Crippen LogP contribution is 2.39. The smallest absolute Gasteiger partial charge is 0.331 e. The Bertz CT molecular complexity index is 1580. The van der Waals surface area contributed by atoms with E-state index in [1.165, 1.54) is 10.8 Å². The zero-order valence-electron chi connectivity index (χ0n) is 24.2. The maximum Gasteiger partial charge on any atom is 0.331 e. The third kappa shape index (κ3) is 5.49. The van der Waals surface area contributed by atoms with E-state index in [0.29, 0.717) is 34.6 Å². The zero-order valence-corrected chi connectivity index (χ0v) is 25.2. The average Bonchev–Trinajstić information content (AvgIpc) is 3.54. The van der Waals surface area contributed by atoms with Crippen LogP contribution in [0.4, 0.5) is 10.5 Å². The number of anilines is 1. The number of nitrogens with zero attached hydrogens (tertiary/aromatic N) is 5. The summed E-state index contributed by atoms with van der Waals surface area (Å²) < 4.78 is 15.6. The Morgan fingerprint density at radius 2 is 1.93 bits per heavy atom. The van der Waals surface area contributed by atoms with Crippen molar-refractivity contribution in [3.8, 4) is 11.8 Å². The van der Waals surface area contributed by atoms with Gasteiger partial charge in [-0.05, 0) is 67.9 Å². The van der Waals surface area contributed by atoms with Crippen molar-refractivity contribution in [3.63, 3.8) is 0 Å². The van der Waals surface area contributed by atoms with Crippen LogP contribution in [-0.2, 0) is 4.43 Å². The highest BCUT2D eigenvalue weighted by Gasteiger charge is 2.38. The summed E-state index contributed by atoms with van der Waals surface area (Å²) in [7, 11) is -0.149. The molecule has 0 saturated heterocycles. The molecule has 1 fully saturated rings. The number of benzene rings is 1. The number of methoxy groups -OCH3 is 1. The van der Waals surface area contributed by atoms with E-state index < -0.39 is 8.32 Å². The minimum atomic E-state index is -1.73. The first-order valence-corrected chi connectivity index (χ1v) is 16.8. The number of aromatic nitrogens is 4. The van der Waals surface area contributed by atoms with Crippen molar-refractivity contribution in [3.05, 3.63) is 48.4 Å². The fourth-order valence-corrected chi connectivity index (χ4v) is 6.15. The lowest BCUT2D eigenvalue weighted by Crippen LogP contribution is -2.42. The monoisotopic (exact) mass is 558 g/mol. The summed E-state index contributed by atoms with van der Waals surface area (Å²) >= 11 is 0. The molecule has 0 atom stereocenters. The lowest BCUT2D eigenvalue weighted by molar-refractivity contribution is 0.169. The van der Waals surface area contributed by atoms with Crippen LogP contribution in [0.1, 0.15) is 58.1 Å². The fraction of sp³-hybridized carbons (Fsp3) is 0.467. The Morgan fingerprint density at radius 1 is 1.18 bits per heavy atom. The first-order chi connectivity index (χ1) is 19.0. The molecule has 1 aromatic carbocycles. The van der Waals surface area contributed by atoms with Crippen LogP contribution < -0.4 is 10.1 Å². The summed E-state index contributed by atoms with van der Waals surface area (Å²) in [4.78, 5) is 17.5. The highest BCUT2D eigenvalue weighted by atomic mass is 28.4. The molecule has 1 aliphatic carbocycles. The topological polar surface area (TPSA) is 107 Å². The molecule has 0 radical (unpaired) electrons. The lowest BCUT2D eigenvalue weighted by atomic mass is 9.87. The molecule has 3 heterocycles. The Labute approximate surface area is 236 Å². The first-order valence-electron chi connectivity index (χ1n) is 13.9. The van der Waals surface area contributed by atoms with Crippen LogP contribution in [-0.4, -0.2) is 47.4 Å². The van der Waals surface area contributed by atoms with E-state index in [4.69, 9.17) is 19.5 Å². The lowest BCUT2D eigenvalue weighted by Gasteiger charge is -2.38. The van der Waals surface area contributed by atoms with Crippen LogP contribution >= 0.6 is 0 Å². The molecule has 40 heavy (non-hydrogen) atoms. The number of fused-ring (bicyclic) bond motifs is 2. The molecule has 10 heteroatoms. The van der Waals surface area contributed by atoms with Crippen LogP contribution in [0.15, 0.2) is 42.9 Å². The average molecular weight is 559 g/mol. The molecule has 5 rings (SSSR count). The van der Waals surface area contributed by atoms with Gasteiger partial charge in [0.25, 0.3) is 0 Å². The van der Waals surface area contributed by atoms with Crippen LogP contribution in [0.3, 0.4) is 0 Å². The number of hydrogen-bond donors (Lipinski definition) is 1. The third-order valence-corrected chi connectivity index (χ3v) is 13.1. The van der Waals surface area contributed by atoms with Gasteiger partial charge in [0.15, 0.2) is 8.32 Å². The minimum Gasteiger partial charge on any atom is -0.494 e. The molecular formula is C30H38N6O3Si. The van der Waals surface area contributed by atoms with Crippen molar-refractivity contribution in [2.45, 2.75) is 70.6 Å². The molecule has 3 aromatic heterocycles. The molecule has 1 saturated carbocycles. The summed E-state index contributed by atoms with van der Waals surface area (Å²) in [5.41, 5.74) is 2.31. The van der Waals surface area contributed by atoms with Gasteiger partial charge in [-0.25, -0.2) is 9.78 Å². The van der Waals surface area contributed by atoms with E-state index in [2.05, 4.69) is 61.1 Å². The van der Waals surface area contributed by atoms with Crippen LogP contribution in [0.25, 0.3) is 21.9 Å². The summed E-state index contributed by atoms with van der Waals surface area (Å²) in [6.45, 7) is 12.4. The van der Waals surface area contributed by atoms with Gasteiger partial charge in [-0.15, -0.1) is 0 Å². The van der Waals surface area contributed by atoms with E-state index in [-0.39, 0.29) is 11.1 Å². The number of ether oxygens (including phenoxy) is 1. The first kappa shape index (κ1) is 27.9. The van der Waals surface area contributed by atoms with E-state index in [9.17, 15) is 4.79 Å². The quantitative estimate of drug-likeness (QED) is 0.253. The molecule has 4 aromatic rings. The number of carbonyl (C=O) groups is 1. The van der Waals surface area contributed by atoms with Gasteiger partial charge in [0.1, 0.15) is 17.5 Å². The van der Waals surface area contributed by atoms with Crippen molar-refractivity contribution >= 4 is 42.0 Å². The summed E-state index contributed by atoms with van der Waals surface area (Å²) in [6.07, 6.45) is 9.58. The predicted molar refractivity (Wildman–Crippen MR) is 159 cm³/mol. The third-order valence-electron chi connectivity index (χ3n) is 8.64. The van der Waals surface area contributed by atoms with E-state index in [0.717, 1.165) is 48.6 Å². The van der Waals surface area contributed by atoms with Crippen molar-refractivity contribution in [2.75, 3.05) is 19.0 Å². The molecule has 1 amide bonds. The van der Waals surface area contributed by atoms with E-state index in [1.54, 1.807) is 25.4 Å². The number of nitrogens with one attached hydrogen (secondary N) is 1. The van der Waals surface area contributed by atoms with Crippen LogP contribution in [0.2, 0.25) is 18.1 Å². The maximum absolute atomic E-state index is 13.2. The fourth-order valence-electron chi connectivity index (χ4n) is 5.07. The van der Waals surface area contributed by atoms with E-state index in [1.807, 2.05) is 12.1 Å². The molecule has 9 nitrogen and oxygen atoms in total. The van der Waals surface area contributed by atoms with Crippen LogP contribution in [0.5, 0.6) is 5.75 Å². The molecule has 0 unspecified atom stereocenters. The predicted octanol–water partition coefficient (Wildman–Crippen LogP) is 7.10. The molecule has 1 aliphatic rings. The maximum atomic E-state index is 13.2. The largest absolute Gasteiger partial charge is 0.494 e. The van der Waals surface area contributed by atoms with Crippen molar-refractivity contribution in [1.82, 2.24) is 19.3 Å². The van der Waals surface area contributed by atoms with Gasteiger partial charge in [-0.1, -0.05) is 20.8 Å². The number of amides is 1. The van der Waals surface area contributed by atoms with Gasteiger partial charge in [0.05, 0.1) is 29.9 Å². The number of rotatable bonds is 6. The summed E-state index contributed by atoms with van der Waals surface area (Å²) in [5.74, 6) is 1.14. The Balaban J connectivity index is 1.28. The van der Waals surface area contributed by atoms with Crippen molar-refractivity contribution in [2.24, 2.45) is 5.92 Å². The molecular weight excluding hydrogens is 520 g/mol. The summed E-state index contributed by atoms with van der Waals surface area (Å²) in [5, 5.41) is 18.8. The van der Waals surface area contributed by atoms with Gasteiger partial charge in [0.2, 0.25) is 0 Å². The standard InChI is InChI=1S/C30H38N6O3Si/c1-30(2,3)40(5,6)39-19-20-7-9-24(10-8-20)36-18-23-14-26(27(38-4)15-25(23)34-36)33-29(37)35-12-11-22-13-21(16-31)17-32-28(22)35/h11-15,17-18,20,24H,7-10,19H2,1-6H3,(H,33,37). The second kappa shape index (κ2) is 10.7. The molecule has 0 bridgehead atoms. The van der Waals surface area contributed by atoms with E-state index >= 15 is 0 Å². The van der Waals surface area contributed by atoms with Crippen molar-refractivity contribution < 1.29 is 14.0 Å². The minimum absolute atomic E-state index is 0.230. The molecule has 0 spiro atoms. The Morgan fingerprint density at radius 3 is 2.60 bits per heavy atom. The molecule has 0 aliphatic heterocycles. The number of carbonyl (C=O) groups excluding carboxylic acids is 1. The Hall–Kier alpha value is -3.68. The Kier molecular flexibility index (Phi) is 7.46. The number of nitriles is 1. The highest BCUT2D eigenvalue weighted by molar-refractivity contribution is 6.74.